The molecule has 8 heteroatoms. The maximum Gasteiger partial charge on any atom is 0.321 e. The standard InChI is InChI=1S/C12H11N3OS.C7H8NO.Na/c1-17(16)12-13-10-5-4-9(8-11(10)14-12)15-6-2-3-7-15;1-6-5-8-4-3-7(6)9-2;/h2-8H,1H3,(H,13,14);3-4H,1-2H3;. The molecule has 3 heterocycles. The van der Waals surface area contributed by atoms with Crippen LogP contribution in [0.5, 0.6) is 5.75 Å². The van der Waals surface area contributed by atoms with Gasteiger partial charge in [0, 0.05) is 29.3 Å². The molecule has 0 bridgehead atoms. The summed E-state index contributed by atoms with van der Waals surface area (Å²) >= 11 is -0.0902. The number of nitrogens with zero attached hydrogens (tertiary/aromatic N) is 3. The zero-order chi connectivity index (χ0) is 19.4. The van der Waals surface area contributed by atoms with Gasteiger partial charge in [-0.3, -0.25) is 4.98 Å². The van der Waals surface area contributed by atoms with Crippen LogP contribution in [-0.2, 0) is 11.2 Å². The Bertz CT molecular complexity index is 1030. The van der Waals surface area contributed by atoms with Crippen molar-refractivity contribution in [2.75, 3.05) is 13.4 Å². The summed E-state index contributed by atoms with van der Waals surface area (Å²) in [6.07, 6.45) is 7.36. The molecule has 4 aromatic rings. The Morgan fingerprint density at radius 2 is 1.96 bits per heavy atom. The van der Waals surface area contributed by atoms with Gasteiger partial charge in [0.25, 0.3) is 0 Å². The molecule has 0 fully saturated rings. The van der Waals surface area contributed by atoms with Crippen LogP contribution >= 0.6 is 0 Å². The normalized spacial score (nSPS) is 11.8. The minimum Gasteiger partial charge on any atom is -0.609 e. The van der Waals surface area contributed by atoms with Crippen LogP contribution in [0.1, 0.15) is 5.56 Å². The second-order valence-corrected chi connectivity index (χ2v) is 8.25. The topological polar surface area (TPSA) is 78.8 Å². The van der Waals surface area contributed by atoms with E-state index in [1.165, 1.54) is 8.51 Å². The summed E-state index contributed by atoms with van der Waals surface area (Å²) in [6.45, 7) is 2.04. The zero-order valence-electron chi connectivity index (χ0n) is 15.8. The van der Waals surface area contributed by atoms with Gasteiger partial charge in [0.1, 0.15) is 6.26 Å². The molecule has 4 rings (SSSR count). The summed E-state index contributed by atoms with van der Waals surface area (Å²) in [4.78, 5) is 11.5. The third-order valence-electron chi connectivity index (χ3n) is 4.25. The van der Waals surface area contributed by atoms with E-state index in [9.17, 15) is 4.55 Å². The molecule has 0 aliphatic carbocycles. The molecule has 0 radical (unpaired) electrons. The Morgan fingerprint density at radius 3 is 2.59 bits per heavy atom. The van der Waals surface area contributed by atoms with Crippen molar-refractivity contribution in [1.82, 2.24) is 19.5 Å². The number of fused-ring (bicyclic) bond motifs is 1. The molecule has 134 valence electrons. The van der Waals surface area contributed by atoms with Gasteiger partial charge in [-0.2, -0.15) is 4.98 Å². The number of methoxy groups -OCH3 is 1. The summed E-state index contributed by atoms with van der Waals surface area (Å²) < 4.78 is 19.6. The monoisotopic (exact) mass is 390 g/mol. The van der Waals surface area contributed by atoms with E-state index in [4.69, 9.17) is 4.74 Å². The SMILES string of the molecule is COc1ccn[c]([Na])c1C.C[S+]([O-])c1nc2cc(-n3cccc3)ccc2[nH]1. The Hall–Kier alpha value is -1.77. The fourth-order valence-electron chi connectivity index (χ4n) is 2.61. The number of aromatic nitrogens is 4. The predicted octanol–water partition coefficient (Wildman–Crippen LogP) is 2.28. The molecule has 1 N–H and O–H groups in total. The first-order valence-corrected chi connectivity index (χ1v) is 11.0. The van der Waals surface area contributed by atoms with Gasteiger partial charge < -0.3 is 9.12 Å². The van der Waals surface area contributed by atoms with Gasteiger partial charge in [-0.1, -0.05) is 0 Å². The van der Waals surface area contributed by atoms with Gasteiger partial charge in [0.05, 0.1) is 11.0 Å². The number of ether oxygens (including phenoxy) is 1. The van der Waals surface area contributed by atoms with Crippen molar-refractivity contribution < 1.29 is 9.29 Å². The second kappa shape index (κ2) is 8.95. The van der Waals surface area contributed by atoms with Crippen molar-refractivity contribution in [3.63, 3.8) is 0 Å². The summed E-state index contributed by atoms with van der Waals surface area (Å²) in [5.74, 6) is 0.944. The molecule has 0 amide bonds. The van der Waals surface area contributed by atoms with Crippen molar-refractivity contribution in [1.29, 1.82) is 0 Å². The fourth-order valence-corrected chi connectivity index (χ4v) is 3.49. The smallest absolute Gasteiger partial charge is 0.321 e. The quantitative estimate of drug-likeness (QED) is 0.430. The van der Waals surface area contributed by atoms with Gasteiger partial charge >= 0.3 is 83.4 Å². The van der Waals surface area contributed by atoms with Crippen molar-refractivity contribution >= 4 is 53.1 Å². The molecule has 0 spiro atoms. The number of hydrogen-bond donors (Lipinski definition) is 1. The van der Waals surface area contributed by atoms with Crippen LogP contribution in [0, 0.1) is 6.92 Å². The third kappa shape index (κ3) is 4.75. The maximum absolute atomic E-state index is 11.3. The van der Waals surface area contributed by atoms with Crippen LogP contribution in [0.25, 0.3) is 16.7 Å². The molecule has 0 aliphatic rings. The van der Waals surface area contributed by atoms with Crippen LogP contribution in [-0.4, -0.2) is 65.4 Å². The van der Waals surface area contributed by atoms with Gasteiger partial charge in [0.2, 0.25) is 0 Å². The molecule has 27 heavy (non-hydrogen) atoms. The molecule has 1 aromatic carbocycles. The largest absolute Gasteiger partial charge is 0.609 e. The number of H-pyrrole nitrogens is 1. The number of nitrogens with one attached hydrogen (secondary N) is 1. The van der Waals surface area contributed by atoms with E-state index >= 15 is 0 Å². The number of aromatic amines is 1. The summed E-state index contributed by atoms with van der Waals surface area (Å²) in [5.41, 5.74) is 3.96. The van der Waals surface area contributed by atoms with Crippen molar-refractivity contribution in [2.45, 2.75) is 12.1 Å². The second-order valence-electron chi connectivity index (χ2n) is 6.01. The van der Waals surface area contributed by atoms with E-state index in [0.29, 0.717) is 5.16 Å². The molecule has 0 saturated heterocycles. The Kier molecular flexibility index (Phi) is 6.62. The summed E-state index contributed by atoms with van der Waals surface area (Å²) in [5, 5.41) is 0.518. The van der Waals surface area contributed by atoms with Crippen LogP contribution < -0.4 is 7.68 Å². The first kappa shape index (κ1) is 20.0. The minimum atomic E-state index is -1.08. The van der Waals surface area contributed by atoms with Gasteiger partial charge in [-0.05, 0) is 30.3 Å². The molecular formula is C19H19N4NaO2S. The predicted molar refractivity (Wildman–Crippen MR) is 109 cm³/mol. The molecule has 1 unspecified atom stereocenters. The van der Waals surface area contributed by atoms with E-state index < -0.39 is 11.2 Å². The summed E-state index contributed by atoms with van der Waals surface area (Å²) in [7, 11) is 1.68. The zero-order valence-corrected chi connectivity index (χ0v) is 18.6. The van der Waals surface area contributed by atoms with E-state index in [1.807, 2.05) is 60.3 Å². The van der Waals surface area contributed by atoms with E-state index in [-0.39, 0.29) is 0 Å². The molecule has 1 atom stereocenters. The van der Waals surface area contributed by atoms with Gasteiger partial charge in [0.15, 0.2) is 0 Å². The Labute approximate surface area is 178 Å². The number of hydrogen-bond acceptors (Lipinski definition) is 4. The number of rotatable bonds is 3. The van der Waals surface area contributed by atoms with Gasteiger partial charge in [-0.15, -0.1) is 0 Å². The van der Waals surface area contributed by atoms with E-state index in [1.54, 1.807) is 19.6 Å². The van der Waals surface area contributed by atoms with Crippen molar-refractivity contribution in [3.8, 4) is 11.4 Å². The average Bonchev–Trinajstić information content (AvgIpc) is 3.33. The first-order chi connectivity index (χ1) is 13.0. The van der Waals surface area contributed by atoms with Crippen LogP contribution in [0.4, 0.5) is 0 Å². The molecule has 0 saturated carbocycles. The van der Waals surface area contributed by atoms with Crippen molar-refractivity contribution in [2.24, 2.45) is 0 Å². The third-order valence-corrected chi connectivity index (χ3v) is 5.99. The van der Waals surface area contributed by atoms with Crippen LogP contribution in [0.3, 0.4) is 0 Å². The fraction of sp³-hybridized carbons (Fsp3) is 0.158. The number of pyridine rings is 1. The molecule has 3 aromatic heterocycles. The van der Waals surface area contributed by atoms with Crippen LogP contribution in [0.15, 0.2) is 60.1 Å². The summed E-state index contributed by atoms with van der Waals surface area (Å²) in [6, 6.07) is 11.8. The van der Waals surface area contributed by atoms with Crippen LogP contribution in [0.2, 0.25) is 0 Å². The number of benzene rings is 1. The Balaban J connectivity index is 0.000000180. The molecule has 6 nitrogen and oxygen atoms in total. The first-order valence-electron chi connectivity index (χ1n) is 8.42. The van der Waals surface area contributed by atoms with E-state index in [2.05, 4.69) is 15.0 Å². The maximum atomic E-state index is 11.3. The van der Waals surface area contributed by atoms with Crippen molar-refractivity contribution in [3.05, 3.63) is 60.6 Å². The Morgan fingerprint density at radius 1 is 1.22 bits per heavy atom. The van der Waals surface area contributed by atoms with E-state index in [0.717, 1.165) is 50.4 Å². The molecular weight excluding hydrogens is 371 g/mol. The van der Waals surface area contributed by atoms with Gasteiger partial charge in [-0.25, -0.2) is 0 Å². The average molecular weight is 390 g/mol. The molecule has 0 aliphatic heterocycles. The number of imidazole rings is 1. The minimum absolute atomic E-state index is 0.518.